The van der Waals surface area contributed by atoms with Crippen molar-refractivity contribution in [3.63, 3.8) is 0 Å². The maximum absolute atomic E-state index is 12.4. The smallest absolute Gasteiger partial charge is 0.312 e. The van der Waals surface area contributed by atoms with Crippen molar-refractivity contribution in [3.8, 4) is 0 Å². The Balaban J connectivity index is 2.02. The molecule has 4 amide bonds. The molecule has 2 unspecified atom stereocenters. The minimum absolute atomic E-state index is 0.0169. The maximum atomic E-state index is 12.4. The summed E-state index contributed by atoms with van der Waals surface area (Å²) in [6.07, 6.45) is 2.81. The van der Waals surface area contributed by atoms with E-state index in [2.05, 4.69) is 10.6 Å². The molecule has 7 nitrogen and oxygen atoms in total. The van der Waals surface area contributed by atoms with Gasteiger partial charge in [-0.1, -0.05) is 20.3 Å². The zero-order valence-corrected chi connectivity index (χ0v) is 14.7. The number of rotatable bonds is 6. The predicted octanol–water partition coefficient (Wildman–Crippen LogP) is 1.94. The van der Waals surface area contributed by atoms with E-state index in [1.165, 1.54) is 0 Å². The fraction of sp³-hybridized carbons (Fsp3) is 0.500. The first kappa shape index (κ1) is 18.8. The van der Waals surface area contributed by atoms with Gasteiger partial charge < -0.3 is 21.3 Å². The zero-order chi connectivity index (χ0) is 18.4. The predicted molar refractivity (Wildman–Crippen MR) is 96.2 cm³/mol. The van der Waals surface area contributed by atoms with Crippen LogP contribution in [0.4, 0.5) is 10.5 Å². The monoisotopic (exact) mass is 346 g/mol. The van der Waals surface area contributed by atoms with E-state index in [4.69, 9.17) is 5.73 Å². The molecule has 0 bridgehead atoms. The van der Waals surface area contributed by atoms with Crippen LogP contribution in [0.15, 0.2) is 24.3 Å². The fourth-order valence-corrected chi connectivity index (χ4v) is 2.87. The minimum atomic E-state index is -0.730. The number of nitrogens with zero attached hydrogens (tertiary/aromatic N) is 1. The van der Waals surface area contributed by atoms with Gasteiger partial charge in [0.2, 0.25) is 5.91 Å². The molecule has 25 heavy (non-hydrogen) atoms. The lowest BCUT2D eigenvalue weighted by Gasteiger charge is -2.22. The molecule has 7 heteroatoms. The Hall–Kier alpha value is -2.57. The highest BCUT2D eigenvalue weighted by atomic mass is 16.2. The summed E-state index contributed by atoms with van der Waals surface area (Å²) in [6.45, 7) is 5.41. The average Bonchev–Trinajstić information content (AvgIpc) is 3.13. The van der Waals surface area contributed by atoms with Gasteiger partial charge >= 0.3 is 6.03 Å². The number of nitrogens with one attached hydrogen (secondary N) is 2. The van der Waals surface area contributed by atoms with Crippen molar-refractivity contribution in [2.24, 2.45) is 11.7 Å². The Morgan fingerprint density at radius 1 is 1.16 bits per heavy atom. The van der Waals surface area contributed by atoms with Gasteiger partial charge in [-0.2, -0.15) is 0 Å². The summed E-state index contributed by atoms with van der Waals surface area (Å²) in [7, 11) is 0. The van der Waals surface area contributed by atoms with E-state index in [0.717, 1.165) is 32.4 Å². The van der Waals surface area contributed by atoms with E-state index in [1.54, 1.807) is 24.3 Å². The molecule has 0 spiro atoms. The highest BCUT2D eigenvalue weighted by Gasteiger charge is 2.25. The van der Waals surface area contributed by atoms with E-state index >= 15 is 0 Å². The van der Waals surface area contributed by atoms with Crippen LogP contribution in [0.2, 0.25) is 0 Å². The summed E-state index contributed by atoms with van der Waals surface area (Å²) in [5, 5.41) is 5.25. The molecule has 1 fully saturated rings. The van der Waals surface area contributed by atoms with Gasteiger partial charge in [-0.05, 0) is 43.0 Å². The Morgan fingerprint density at radius 2 is 1.76 bits per heavy atom. The van der Waals surface area contributed by atoms with Gasteiger partial charge in [-0.3, -0.25) is 9.59 Å². The van der Waals surface area contributed by atoms with Crippen LogP contribution in [0.3, 0.4) is 0 Å². The third kappa shape index (κ3) is 4.95. The Labute approximate surface area is 147 Å². The van der Waals surface area contributed by atoms with Crippen LogP contribution in [0, 0.1) is 5.92 Å². The van der Waals surface area contributed by atoms with Crippen molar-refractivity contribution in [3.05, 3.63) is 29.8 Å². The van der Waals surface area contributed by atoms with Crippen LogP contribution in [-0.4, -0.2) is 41.9 Å². The Bertz CT molecular complexity index is 624. The van der Waals surface area contributed by atoms with Crippen molar-refractivity contribution in [2.75, 3.05) is 18.4 Å². The molecule has 1 aromatic rings. The van der Waals surface area contributed by atoms with Gasteiger partial charge in [0.25, 0.3) is 5.91 Å². The molecule has 2 atom stereocenters. The molecule has 1 heterocycles. The SMILES string of the molecule is CCC(C)C(NC(N)=O)C(=O)Nc1ccc(C(=O)N2CCCC2)cc1. The topological polar surface area (TPSA) is 105 Å². The number of benzene rings is 1. The molecule has 0 radical (unpaired) electrons. The molecule has 1 aliphatic rings. The molecule has 0 saturated carbocycles. The van der Waals surface area contributed by atoms with E-state index < -0.39 is 12.1 Å². The summed E-state index contributed by atoms with van der Waals surface area (Å²) in [6, 6.07) is 5.37. The molecule has 0 aliphatic carbocycles. The van der Waals surface area contributed by atoms with Crippen molar-refractivity contribution < 1.29 is 14.4 Å². The van der Waals surface area contributed by atoms with Crippen LogP contribution in [0.5, 0.6) is 0 Å². The molecule has 1 aromatic carbocycles. The number of carbonyl (C=O) groups is 3. The second-order valence-corrected chi connectivity index (χ2v) is 6.44. The highest BCUT2D eigenvalue weighted by Crippen LogP contribution is 2.16. The summed E-state index contributed by atoms with van der Waals surface area (Å²) < 4.78 is 0. The number of amides is 4. The molecule has 0 aromatic heterocycles. The van der Waals surface area contributed by atoms with Crippen molar-refractivity contribution in [1.82, 2.24) is 10.2 Å². The quantitative estimate of drug-likeness (QED) is 0.733. The normalized spacial score (nSPS) is 16.2. The van der Waals surface area contributed by atoms with Gasteiger partial charge in [0.1, 0.15) is 6.04 Å². The largest absolute Gasteiger partial charge is 0.352 e. The standard InChI is InChI=1S/C18H26N4O3/c1-3-12(2)15(21-18(19)25)16(23)20-14-8-6-13(7-9-14)17(24)22-10-4-5-11-22/h6-9,12,15H,3-5,10-11H2,1-2H3,(H,20,23)(H3,19,21,25). The lowest BCUT2D eigenvalue weighted by Crippen LogP contribution is -2.49. The first-order valence-corrected chi connectivity index (χ1v) is 8.68. The minimum Gasteiger partial charge on any atom is -0.352 e. The van der Waals surface area contributed by atoms with Crippen LogP contribution >= 0.6 is 0 Å². The number of hydrogen-bond acceptors (Lipinski definition) is 3. The van der Waals surface area contributed by atoms with Crippen LogP contribution in [0.1, 0.15) is 43.5 Å². The van der Waals surface area contributed by atoms with Crippen LogP contribution in [0.25, 0.3) is 0 Å². The summed E-state index contributed by atoms with van der Waals surface area (Å²) in [4.78, 5) is 37.7. The van der Waals surface area contributed by atoms with E-state index in [9.17, 15) is 14.4 Å². The molecular formula is C18H26N4O3. The van der Waals surface area contributed by atoms with E-state index in [0.29, 0.717) is 11.3 Å². The lowest BCUT2D eigenvalue weighted by molar-refractivity contribution is -0.119. The van der Waals surface area contributed by atoms with Crippen molar-refractivity contribution in [2.45, 2.75) is 39.2 Å². The van der Waals surface area contributed by atoms with Crippen LogP contribution in [-0.2, 0) is 4.79 Å². The van der Waals surface area contributed by atoms with E-state index in [-0.39, 0.29) is 17.7 Å². The molecule has 2 rings (SSSR count). The number of primary amides is 1. The molecular weight excluding hydrogens is 320 g/mol. The van der Waals surface area contributed by atoms with Gasteiger partial charge in [-0.25, -0.2) is 4.79 Å². The van der Waals surface area contributed by atoms with E-state index in [1.807, 2.05) is 18.7 Å². The zero-order valence-electron chi connectivity index (χ0n) is 14.7. The second-order valence-electron chi connectivity index (χ2n) is 6.44. The number of carbonyl (C=O) groups excluding carboxylic acids is 3. The number of nitrogens with two attached hydrogens (primary N) is 1. The average molecular weight is 346 g/mol. The Kier molecular flexibility index (Phi) is 6.38. The molecule has 1 saturated heterocycles. The molecule has 4 N–H and O–H groups in total. The first-order valence-electron chi connectivity index (χ1n) is 8.68. The third-order valence-electron chi connectivity index (χ3n) is 4.59. The fourth-order valence-electron chi connectivity index (χ4n) is 2.87. The van der Waals surface area contributed by atoms with Gasteiger partial charge in [-0.15, -0.1) is 0 Å². The Morgan fingerprint density at radius 3 is 2.28 bits per heavy atom. The van der Waals surface area contributed by atoms with Gasteiger partial charge in [0, 0.05) is 24.3 Å². The van der Waals surface area contributed by atoms with Crippen molar-refractivity contribution >= 4 is 23.5 Å². The summed E-state index contributed by atoms with van der Waals surface area (Å²) in [5.74, 6) is -0.362. The maximum Gasteiger partial charge on any atom is 0.312 e. The highest BCUT2D eigenvalue weighted by molar-refractivity contribution is 5.98. The number of likely N-dealkylation sites (tertiary alicyclic amines) is 1. The first-order chi connectivity index (χ1) is 11.9. The molecule has 136 valence electrons. The molecule has 1 aliphatic heterocycles. The van der Waals surface area contributed by atoms with Crippen LogP contribution < -0.4 is 16.4 Å². The van der Waals surface area contributed by atoms with Gasteiger partial charge in [0.15, 0.2) is 0 Å². The van der Waals surface area contributed by atoms with Gasteiger partial charge in [0.05, 0.1) is 0 Å². The number of urea groups is 1. The third-order valence-corrected chi connectivity index (χ3v) is 4.59. The number of hydrogen-bond donors (Lipinski definition) is 3. The van der Waals surface area contributed by atoms with Crippen molar-refractivity contribution in [1.29, 1.82) is 0 Å². The summed E-state index contributed by atoms with van der Waals surface area (Å²) in [5.41, 5.74) is 6.33. The summed E-state index contributed by atoms with van der Waals surface area (Å²) >= 11 is 0. The lowest BCUT2D eigenvalue weighted by atomic mass is 9.98. The second kappa shape index (κ2) is 8.50. The number of anilines is 1.